The molecule has 18 atom stereocenters. The minimum absolute atomic E-state index is 0.0125. The van der Waals surface area contributed by atoms with E-state index in [0.29, 0.717) is 32.9 Å². The maximum atomic E-state index is 14.8. The van der Waals surface area contributed by atoms with Gasteiger partial charge in [-0.3, -0.25) is 95.9 Å². The Labute approximate surface area is 765 Å². The third-order valence-corrected chi connectivity index (χ3v) is 22.0. The number of hydrogen-bond donors (Lipinski definition) is 27. The molecule has 2 aromatic heterocycles. The molecule has 1 fully saturated rings. The molecule has 1 aliphatic heterocycles. The molecule has 0 bridgehead atoms. The van der Waals surface area contributed by atoms with E-state index in [-0.39, 0.29) is 50.2 Å². The third kappa shape index (κ3) is 34.3. The summed E-state index contributed by atoms with van der Waals surface area (Å²) in [6.45, 7) is 8.35. The number of para-hydroxylation sites is 2. The molecule has 720 valence electrons. The van der Waals surface area contributed by atoms with Gasteiger partial charge in [0.15, 0.2) is 0 Å². The lowest BCUT2D eigenvalue weighted by molar-refractivity contribution is -0.147. The second-order valence-electron chi connectivity index (χ2n) is 31.5. The largest absolute Gasteiger partial charge is 0.481 e. The van der Waals surface area contributed by atoms with E-state index in [1.165, 1.54) is 32.5 Å². The minimum atomic E-state index is -1.98. The van der Waals surface area contributed by atoms with Crippen molar-refractivity contribution in [3.8, 4) is 0 Å². The molecule has 26 N–H and O–H groups in total. The Kier molecular flexibility index (Phi) is 43.9. The highest BCUT2D eigenvalue weighted by Crippen LogP contribution is 2.24. The van der Waals surface area contributed by atoms with Crippen LogP contribution in [0.1, 0.15) is 118 Å². The van der Waals surface area contributed by atoms with Gasteiger partial charge in [-0.25, -0.2) is 4.79 Å². The molecule has 0 radical (unpaired) electrons. The molecular formula is C81H116N20O27S3. The molecule has 0 saturated carbocycles. The van der Waals surface area contributed by atoms with Crippen molar-refractivity contribution in [1.82, 2.24) is 99.9 Å². The van der Waals surface area contributed by atoms with Gasteiger partial charge in [0.05, 0.1) is 37.8 Å². The molecule has 0 aliphatic carbocycles. The summed E-state index contributed by atoms with van der Waals surface area (Å²) >= 11 is 9.71. The van der Waals surface area contributed by atoms with Gasteiger partial charge in [0.25, 0.3) is 0 Å². The van der Waals surface area contributed by atoms with E-state index < -0.39 is 290 Å². The average molecular weight is 1900 g/mol. The fourth-order valence-electron chi connectivity index (χ4n) is 13.3. The number of carboxylic acids is 4. The Balaban J connectivity index is 1.27. The highest BCUT2D eigenvalue weighted by molar-refractivity contribution is 7.98. The van der Waals surface area contributed by atoms with E-state index in [0.717, 1.165) is 25.7 Å². The van der Waals surface area contributed by atoms with Crippen molar-refractivity contribution in [1.29, 1.82) is 0 Å². The highest BCUT2D eigenvalue weighted by Gasteiger charge is 2.41. The molecule has 0 spiro atoms. The number of H-pyrrole nitrogens is 2. The van der Waals surface area contributed by atoms with Gasteiger partial charge in [0.1, 0.15) is 90.6 Å². The summed E-state index contributed by atoms with van der Waals surface area (Å²) in [5, 5.41) is 98.1. The van der Waals surface area contributed by atoms with Crippen molar-refractivity contribution in [3.05, 3.63) is 72.1 Å². The van der Waals surface area contributed by atoms with Gasteiger partial charge < -0.3 is 136 Å². The van der Waals surface area contributed by atoms with E-state index in [9.17, 15) is 126 Å². The van der Waals surface area contributed by atoms with E-state index in [4.69, 9.17) is 10.8 Å². The minimum Gasteiger partial charge on any atom is -0.481 e. The van der Waals surface area contributed by atoms with Gasteiger partial charge in [-0.15, -0.1) is 0 Å². The van der Waals surface area contributed by atoms with Gasteiger partial charge in [0.2, 0.25) is 100 Å². The number of carbonyl (C=O) groups is 21. The van der Waals surface area contributed by atoms with Crippen LogP contribution in [0.15, 0.2) is 60.9 Å². The molecule has 5 rings (SSSR count). The first kappa shape index (κ1) is 109. The number of likely N-dealkylation sites (tertiary alicyclic amines) is 1. The van der Waals surface area contributed by atoms with Crippen molar-refractivity contribution in [2.75, 3.05) is 43.1 Å². The zero-order valence-corrected chi connectivity index (χ0v) is 75.7. The lowest BCUT2D eigenvalue weighted by atomic mass is 10.00. The molecule has 50 heteroatoms. The van der Waals surface area contributed by atoms with Crippen molar-refractivity contribution in [2.45, 2.75) is 228 Å². The number of benzene rings is 2. The molecule has 3 heterocycles. The number of nitrogens with one attached hydrogen (secondary N) is 18. The Hall–Kier alpha value is -12.7. The second-order valence-corrected chi connectivity index (χ2v) is 33.2. The van der Waals surface area contributed by atoms with Crippen LogP contribution < -0.4 is 90.8 Å². The van der Waals surface area contributed by atoms with Gasteiger partial charge in [-0.2, -0.15) is 37.0 Å². The monoisotopic (exact) mass is 1900 g/mol. The van der Waals surface area contributed by atoms with Crippen molar-refractivity contribution in [3.63, 3.8) is 0 Å². The topological polar surface area (TPSA) is 733 Å². The van der Waals surface area contributed by atoms with Crippen LogP contribution in [0.4, 0.5) is 0 Å². The van der Waals surface area contributed by atoms with Crippen LogP contribution in [0.5, 0.6) is 0 Å². The number of amides is 17. The average Bonchev–Trinajstić information content (AvgIpc) is 1.70. The predicted octanol–water partition coefficient (Wildman–Crippen LogP) is -6.83. The summed E-state index contributed by atoms with van der Waals surface area (Å²) in [6, 6.07) is -10.7. The fraction of sp³-hybridized carbons (Fsp3) is 0.543. The van der Waals surface area contributed by atoms with E-state index in [2.05, 4.69) is 115 Å². The number of carboxylic acid groups (broad SMARTS) is 4. The Morgan fingerprint density at radius 1 is 0.435 bits per heavy atom. The molecule has 131 heavy (non-hydrogen) atoms. The van der Waals surface area contributed by atoms with Gasteiger partial charge >= 0.3 is 23.9 Å². The number of aliphatic carboxylic acids is 4. The van der Waals surface area contributed by atoms with Crippen LogP contribution in [-0.4, -0.2) is 322 Å². The number of aliphatic hydroxyl groups is 2. The summed E-state index contributed by atoms with van der Waals surface area (Å²) in [7, 11) is 0. The van der Waals surface area contributed by atoms with Crippen LogP contribution in [0.3, 0.4) is 0 Å². The number of thiol groups is 2. The molecule has 2 aromatic carbocycles. The highest BCUT2D eigenvalue weighted by atomic mass is 32.2. The van der Waals surface area contributed by atoms with Crippen LogP contribution >= 0.6 is 37.0 Å². The van der Waals surface area contributed by atoms with Crippen molar-refractivity contribution >= 4 is 183 Å². The lowest BCUT2D eigenvalue weighted by Gasteiger charge is -2.28. The fourth-order valence-corrected chi connectivity index (χ4v) is 14.3. The van der Waals surface area contributed by atoms with Crippen LogP contribution in [0.25, 0.3) is 21.8 Å². The standard InChI is InChI=1S/C81H116N20O27S3/c1-36(2)63(78(124)96-55(34-129)75(121)92-51(24-26-131-9)73(119)88-38(4)67(113)87-39(5)68(114)95-54(81(127)128)29-62(110)111)98-74(120)53(28-44-31-84-48-18-13-11-16-46(44)48)90-58(104)32-85-71(117)52(27-43-30-83-47-17-12-10-15-45(43)47)94-77(123)57-19-14-25-101(57)59(105)33-86-70(116)49(20-22-60(106)107)93-79(125)65(42(8)103)100-76(122)56(35-130)97-80(126)64(41(7)102)99-69(115)40(6)89-72(118)50(21-23-61(108)109)91-66(112)37(3)82/h10-13,15-18,30-31,36-42,49-57,63-65,83-84,102-103,129-130H,14,19-29,32-35,82H2,1-9H3,(H,85,117)(H,86,116)(H,87,113)(H,88,119)(H,89,118)(H,90,104)(H,91,112)(H,92,121)(H,93,125)(H,94,123)(H,95,114)(H,96,124)(H,97,126)(H,98,120)(H,99,115)(H,100,122)(H,106,107)(H,108,109)(H,110,111)(H,127,128)/t37-,38-,39-,40-,41+,42+,49-,50-,51-,52-,53-,54-,55-,56-,57-,63-,64-,65-/m0/s1. The molecule has 1 aliphatic rings. The SMILES string of the molecule is CSCC[C@H](NC(=O)[C@H](CS)NC(=O)[C@@H](NC(=O)[C@H](Cc1c[nH]c2ccccc12)NC(=O)CNC(=O)[C@H](Cc1c[nH]c2ccccc12)NC(=O)[C@@H]1CCCN1C(=O)CNC(=O)[C@H](CCC(=O)O)NC(=O)[C@@H](NC(=O)[C@H](CS)NC(=O)[C@@H](NC(=O)[C@H](C)NC(=O)[C@H](CCC(=O)O)NC(=O)[C@H](C)N)[C@@H](C)O)[C@@H](C)O)C(C)C)C(=O)N[C@@H](C)C(=O)N[C@@H](C)C(=O)N[C@@H](CC(=O)O)C(=O)O. The lowest BCUT2D eigenvalue weighted by Crippen LogP contribution is -2.62. The van der Waals surface area contributed by atoms with Gasteiger partial charge in [0, 0.05) is 77.9 Å². The predicted molar refractivity (Wildman–Crippen MR) is 475 cm³/mol. The summed E-state index contributed by atoms with van der Waals surface area (Å²) in [6.07, 6.45) is -2.22. The number of thioether (sulfide) groups is 1. The second kappa shape index (κ2) is 52.8. The number of fused-ring (bicyclic) bond motifs is 2. The molecule has 0 unspecified atom stereocenters. The first-order valence-corrected chi connectivity index (χ1v) is 44.3. The summed E-state index contributed by atoms with van der Waals surface area (Å²) in [4.78, 5) is 288. The first-order valence-electron chi connectivity index (χ1n) is 41.6. The number of aliphatic hydroxyl groups excluding tert-OH is 2. The molecular weight excluding hydrogens is 1780 g/mol. The zero-order valence-electron chi connectivity index (χ0n) is 73.1. The molecule has 47 nitrogen and oxygen atoms in total. The van der Waals surface area contributed by atoms with Crippen LogP contribution in [0, 0.1) is 5.92 Å². The number of rotatable bonds is 54. The normalized spacial score (nSPS) is 16.3. The van der Waals surface area contributed by atoms with E-state index in [1.807, 2.05) is 5.32 Å². The van der Waals surface area contributed by atoms with Crippen molar-refractivity contribution in [2.24, 2.45) is 11.7 Å². The quantitative estimate of drug-likeness (QED) is 0.0183. The molecule has 1 saturated heterocycles. The number of hydrogen-bond acceptors (Lipinski definition) is 27. The van der Waals surface area contributed by atoms with Gasteiger partial charge in [-0.1, -0.05) is 50.2 Å². The maximum Gasteiger partial charge on any atom is 0.326 e. The smallest absolute Gasteiger partial charge is 0.326 e. The van der Waals surface area contributed by atoms with E-state index in [1.54, 1.807) is 81.0 Å². The van der Waals surface area contributed by atoms with Crippen molar-refractivity contribution < 1.29 is 131 Å². The number of aromatic amines is 2. The third-order valence-electron chi connectivity index (χ3n) is 20.7. The molecule has 17 amide bonds. The summed E-state index contributed by atoms with van der Waals surface area (Å²) in [5.74, 6) is -24.3. The number of nitrogens with zero attached hydrogens (tertiary/aromatic N) is 1. The summed E-state index contributed by atoms with van der Waals surface area (Å²) in [5.41, 5.74) is 7.90. The number of carbonyl (C=O) groups excluding carboxylic acids is 17. The van der Waals surface area contributed by atoms with Crippen LogP contribution in [-0.2, 0) is 114 Å². The number of aromatic nitrogens is 2. The molecule has 4 aromatic rings. The number of nitrogens with two attached hydrogens (primary N) is 1. The first-order chi connectivity index (χ1) is 61.7. The summed E-state index contributed by atoms with van der Waals surface area (Å²) < 4.78 is 0. The Morgan fingerprint density at radius 3 is 1.28 bits per heavy atom. The van der Waals surface area contributed by atoms with E-state index >= 15 is 0 Å². The zero-order chi connectivity index (χ0) is 98.0. The van der Waals surface area contributed by atoms with Crippen LogP contribution in [0.2, 0.25) is 0 Å². The maximum absolute atomic E-state index is 14.8. The Bertz CT molecular complexity index is 4800. The Morgan fingerprint density at radius 2 is 0.817 bits per heavy atom. The van der Waals surface area contributed by atoms with Gasteiger partial charge in [-0.05, 0) is 115 Å².